The van der Waals surface area contributed by atoms with Crippen LogP contribution in [0.1, 0.15) is 22.8 Å². The van der Waals surface area contributed by atoms with E-state index in [4.69, 9.17) is 4.74 Å². The second-order valence-electron chi connectivity index (χ2n) is 6.96. The van der Waals surface area contributed by atoms with Gasteiger partial charge in [0.15, 0.2) is 0 Å². The highest BCUT2D eigenvalue weighted by molar-refractivity contribution is 6.00. The maximum absolute atomic E-state index is 12.7. The molecule has 0 saturated carbocycles. The molecular formula is C23H23N3O5. The predicted molar refractivity (Wildman–Crippen MR) is 117 cm³/mol. The van der Waals surface area contributed by atoms with Gasteiger partial charge in [-0.05, 0) is 42.8 Å². The van der Waals surface area contributed by atoms with Crippen LogP contribution in [0.4, 0.5) is 11.4 Å². The fraction of sp³-hybridized carbons (Fsp3) is 0.174. The van der Waals surface area contributed by atoms with Crippen molar-refractivity contribution < 1.29 is 19.6 Å². The molecule has 0 spiro atoms. The number of aliphatic hydroxyl groups is 1. The van der Waals surface area contributed by atoms with Crippen LogP contribution in [0.25, 0.3) is 0 Å². The summed E-state index contributed by atoms with van der Waals surface area (Å²) < 4.78 is 5.75. The quantitative estimate of drug-likeness (QED) is 0.354. The summed E-state index contributed by atoms with van der Waals surface area (Å²) in [7, 11) is 0. The van der Waals surface area contributed by atoms with Gasteiger partial charge in [0.05, 0.1) is 17.1 Å². The van der Waals surface area contributed by atoms with Gasteiger partial charge in [-0.25, -0.2) is 0 Å². The van der Waals surface area contributed by atoms with Crippen LogP contribution < -0.4 is 15.4 Å². The van der Waals surface area contributed by atoms with Gasteiger partial charge in [-0.3, -0.25) is 14.9 Å². The largest absolute Gasteiger partial charge is 0.457 e. The summed E-state index contributed by atoms with van der Waals surface area (Å²) in [5, 5.41) is 26.1. The zero-order valence-corrected chi connectivity index (χ0v) is 16.9. The van der Waals surface area contributed by atoms with Crippen molar-refractivity contribution >= 4 is 17.3 Å². The number of aliphatic hydroxyl groups excluding tert-OH is 1. The third-order valence-corrected chi connectivity index (χ3v) is 4.49. The van der Waals surface area contributed by atoms with E-state index >= 15 is 0 Å². The standard InChI is InChI=1S/C23H23N3O5/c1-16(15-27)25-22-12-9-18(26(29)30)13-21(22)23(28)24-14-17-7-10-20(11-8-17)31-19-5-3-2-4-6-19/h2-13,16,25,27H,14-15H2,1H3,(H,24,28)/t16-/m1/s1. The molecule has 3 aromatic carbocycles. The number of nitro benzene ring substituents is 1. The lowest BCUT2D eigenvalue weighted by atomic mass is 10.1. The molecule has 0 unspecified atom stereocenters. The van der Waals surface area contributed by atoms with Gasteiger partial charge in [0.25, 0.3) is 11.6 Å². The highest BCUT2D eigenvalue weighted by Gasteiger charge is 2.18. The average molecular weight is 421 g/mol. The first-order chi connectivity index (χ1) is 15.0. The van der Waals surface area contributed by atoms with Gasteiger partial charge < -0.3 is 20.5 Å². The first-order valence-corrected chi connectivity index (χ1v) is 9.72. The van der Waals surface area contributed by atoms with E-state index in [-0.39, 0.29) is 30.4 Å². The number of non-ortho nitro benzene ring substituents is 1. The van der Waals surface area contributed by atoms with Gasteiger partial charge in [0.2, 0.25) is 0 Å². The first kappa shape index (κ1) is 21.8. The van der Waals surface area contributed by atoms with E-state index in [1.54, 1.807) is 19.1 Å². The van der Waals surface area contributed by atoms with Crippen molar-refractivity contribution in [2.45, 2.75) is 19.5 Å². The fourth-order valence-corrected chi connectivity index (χ4v) is 2.85. The number of para-hydroxylation sites is 1. The second kappa shape index (κ2) is 10.2. The molecule has 1 amide bonds. The molecular weight excluding hydrogens is 398 g/mol. The van der Waals surface area contributed by atoms with Gasteiger partial charge in [0.1, 0.15) is 11.5 Å². The van der Waals surface area contributed by atoms with E-state index in [0.717, 1.165) is 11.3 Å². The number of rotatable bonds is 9. The molecule has 0 fully saturated rings. The third-order valence-electron chi connectivity index (χ3n) is 4.49. The Labute approximate surface area is 179 Å². The van der Waals surface area contributed by atoms with Crippen LogP contribution >= 0.6 is 0 Å². The van der Waals surface area contributed by atoms with E-state index in [2.05, 4.69) is 10.6 Å². The van der Waals surface area contributed by atoms with Crippen molar-refractivity contribution in [1.29, 1.82) is 0 Å². The minimum Gasteiger partial charge on any atom is -0.457 e. The van der Waals surface area contributed by atoms with Crippen LogP contribution in [-0.2, 0) is 6.54 Å². The molecule has 0 aliphatic carbocycles. The summed E-state index contributed by atoms with van der Waals surface area (Å²) in [6.07, 6.45) is 0. The van der Waals surface area contributed by atoms with E-state index in [0.29, 0.717) is 11.4 Å². The molecule has 0 bridgehead atoms. The number of benzene rings is 3. The fourth-order valence-electron chi connectivity index (χ4n) is 2.85. The zero-order valence-electron chi connectivity index (χ0n) is 16.9. The van der Waals surface area contributed by atoms with Crippen LogP contribution in [0.5, 0.6) is 11.5 Å². The number of hydrogen-bond acceptors (Lipinski definition) is 6. The average Bonchev–Trinajstić information content (AvgIpc) is 2.79. The molecule has 3 aromatic rings. The Balaban J connectivity index is 1.68. The molecule has 8 nitrogen and oxygen atoms in total. The normalized spacial score (nSPS) is 11.4. The molecule has 0 heterocycles. The third kappa shape index (κ3) is 6.03. The number of anilines is 1. The van der Waals surface area contributed by atoms with Gasteiger partial charge in [-0.1, -0.05) is 30.3 Å². The Kier molecular flexibility index (Phi) is 7.18. The van der Waals surface area contributed by atoms with Gasteiger partial charge in [0, 0.05) is 30.4 Å². The van der Waals surface area contributed by atoms with Gasteiger partial charge >= 0.3 is 0 Å². The molecule has 0 saturated heterocycles. The number of nitrogens with zero attached hydrogens (tertiary/aromatic N) is 1. The molecule has 0 aliphatic rings. The summed E-state index contributed by atoms with van der Waals surface area (Å²) >= 11 is 0. The molecule has 0 aliphatic heterocycles. The minimum absolute atomic E-state index is 0.138. The molecule has 31 heavy (non-hydrogen) atoms. The highest BCUT2D eigenvalue weighted by atomic mass is 16.6. The SMILES string of the molecule is C[C@H](CO)Nc1ccc([N+](=O)[O-])cc1C(=O)NCc1ccc(Oc2ccccc2)cc1. The second-order valence-corrected chi connectivity index (χ2v) is 6.96. The van der Waals surface area contributed by atoms with Crippen molar-refractivity contribution in [2.24, 2.45) is 0 Å². The Morgan fingerprint density at radius 2 is 1.74 bits per heavy atom. The summed E-state index contributed by atoms with van der Waals surface area (Å²) in [4.78, 5) is 23.3. The molecule has 3 N–H and O–H groups in total. The van der Waals surface area contributed by atoms with E-state index in [9.17, 15) is 20.0 Å². The lowest BCUT2D eigenvalue weighted by molar-refractivity contribution is -0.384. The zero-order chi connectivity index (χ0) is 22.2. The van der Waals surface area contributed by atoms with E-state index in [1.807, 2.05) is 42.5 Å². The number of carbonyl (C=O) groups is 1. The monoisotopic (exact) mass is 421 g/mol. The maximum atomic E-state index is 12.7. The minimum atomic E-state index is -0.554. The first-order valence-electron chi connectivity index (χ1n) is 9.72. The summed E-state index contributed by atoms with van der Waals surface area (Å²) in [5.41, 5.74) is 1.21. The van der Waals surface area contributed by atoms with Crippen LogP contribution in [0, 0.1) is 10.1 Å². The number of nitrogens with one attached hydrogen (secondary N) is 2. The molecule has 0 aromatic heterocycles. The van der Waals surface area contributed by atoms with Crippen LogP contribution in [0.2, 0.25) is 0 Å². The lowest BCUT2D eigenvalue weighted by Gasteiger charge is -2.16. The summed E-state index contributed by atoms with van der Waals surface area (Å²) in [5.74, 6) is 0.941. The molecule has 8 heteroatoms. The van der Waals surface area contributed by atoms with Crippen molar-refractivity contribution in [2.75, 3.05) is 11.9 Å². The highest BCUT2D eigenvalue weighted by Crippen LogP contribution is 2.24. The molecule has 0 radical (unpaired) electrons. The van der Waals surface area contributed by atoms with E-state index < -0.39 is 10.8 Å². The Bertz CT molecular complexity index is 1040. The van der Waals surface area contributed by atoms with E-state index in [1.165, 1.54) is 18.2 Å². The van der Waals surface area contributed by atoms with Crippen molar-refractivity contribution in [3.05, 3.63) is 94.0 Å². The van der Waals surface area contributed by atoms with Crippen LogP contribution in [0.15, 0.2) is 72.8 Å². The number of carbonyl (C=O) groups excluding carboxylic acids is 1. The van der Waals surface area contributed by atoms with Gasteiger partial charge in [-0.2, -0.15) is 0 Å². The number of amides is 1. The Morgan fingerprint density at radius 3 is 2.39 bits per heavy atom. The number of hydrogen-bond donors (Lipinski definition) is 3. The number of ether oxygens (including phenoxy) is 1. The Morgan fingerprint density at radius 1 is 1.06 bits per heavy atom. The van der Waals surface area contributed by atoms with Crippen LogP contribution in [0.3, 0.4) is 0 Å². The van der Waals surface area contributed by atoms with Crippen molar-refractivity contribution in [3.8, 4) is 11.5 Å². The Hall–Kier alpha value is -3.91. The smallest absolute Gasteiger partial charge is 0.270 e. The maximum Gasteiger partial charge on any atom is 0.270 e. The van der Waals surface area contributed by atoms with Crippen LogP contribution in [-0.4, -0.2) is 28.6 Å². The topological polar surface area (TPSA) is 114 Å². The van der Waals surface area contributed by atoms with Gasteiger partial charge in [-0.15, -0.1) is 0 Å². The lowest BCUT2D eigenvalue weighted by Crippen LogP contribution is -2.26. The molecule has 1 atom stereocenters. The summed E-state index contributed by atoms with van der Waals surface area (Å²) in [6, 6.07) is 20.4. The predicted octanol–water partition coefficient (Wildman–Crippen LogP) is 4.11. The molecule has 160 valence electrons. The van der Waals surface area contributed by atoms with Crippen molar-refractivity contribution in [3.63, 3.8) is 0 Å². The van der Waals surface area contributed by atoms with Crippen molar-refractivity contribution in [1.82, 2.24) is 5.32 Å². The summed E-state index contributed by atoms with van der Waals surface area (Å²) in [6.45, 7) is 1.83. The number of nitro groups is 1. The molecule has 3 rings (SSSR count).